The second kappa shape index (κ2) is 6.82. The third-order valence-electron chi connectivity index (χ3n) is 7.87. The Morgan fingerprint density at radius 1 is 1.17 bits per heavy atom. The Hall–Kier alpha value is -1.91. The molecule has 156 valence electrons. The van der Waals surface area contributed by atoms with Crippen LogP contribution in [0.25, 0.3) is 11.0 Å². The lowest BCUT2D eigenvalue weighted by Crippen LogP contribution is -2.59. The first-order valence-electron chi connectivity index (χ1n) is 11.5. The molecule has 0 saturated heterocycles. The molecule has 2 aromatic rings. The van der Waals surface area contributed by atoms with E-state index in [2.05, 4.69) is 38.1 Å². The summed E-state index contributed by atoms with van der Waals surface area (Å²) >= 11 is 0. The van der Waals surface area contributed by atoms with Crippen LogP contribution in [0.15, 0.2) is 6.20 Å². The molecule has 4 bridgehead atoms. The van der Waals surface area contributed by atoms with Gasteiger partial charge in [0, 0.05) is 29.1 Å². The minimum absolute atomic E-state index is 0.108. The average molecular weight is 395 g/mol. The zero-order valence-corrected chi connectivity index (χ0v) is 18.3. The number of aryl methyl sites for hydroxylation is 2. The second-order valence-corrected chi connectivity index (χ2v) is 10.5. The number of hydrogen-bond donors (Lipinski definition) is 1. The van der Waals surface area contributed by atoms with Gasteiger partial charge >= 0.3 is 0 Å². The Morgan fingerprint density at radius 3 is 2.38 bits per heavy atom. The van der Waals surface area contributed by atoms with Crippen LogP contribution < -0.4 is 5.32 Å². The minimum Gasteiger partial charge on any atom is -0.351 e. The van der Waals surface area contributed by atoms with E-state index in [0.29, 0.717) is 6.42 Å². The Balaban J connectivity index is 1.30. The normalized spacial score (nSPS) is 30.4. The van der Waals surface area contributed by atoms with E-state index in [-0.39, 0.29) is 17.5 Å². The lowest BCUT2D eigenvalue weighted by atomic mass is 9.53. The fraction of sp³-hybridized carbons (Fsp3) is 0.708. The van der Waals surface area contributed by atoms with Gasteiger partial charge in [-0.3, -0.25) is 4.79 Å². The molecule has 5 heteroatoms. The van der Waals surface area contributed by atoms with E-state index < -0.39 is 0 Å². The van der Waals surface area contributed by atoms with E-state index in [1.165, 1.54) is 49.7 Å². The molecule has 6 rings (SSSR count). The molecular weight excluding hydrogens is 360 g/mol. The summed E-state index contributed by atoms with van der Waals surface area (Å²) in [5, 5.41) is 9.16. The van der Waals surface area contributed by atoms with Crippen LogP contribution in [0.1, 0.15) is 81.7 Å². The van der Waals surface area contributed by atoms with Gasteiger partial charge in [-0.05, 0) is 102 Å². The SMILES string of the molecule is Cc1nc2c(cnn2C(C)C)c(C)c1CCC(=O)NC12CC3CC(CC(C3)C1)C2. The van der Waals surface area contributed by atoms with Crippen molar-refractivity contribution in [3.63, 3.8) is 0 Å². The van der Waals surface area contributed by atoms with Gasteiger partial charge in [-0.2, -0.15) is 5.10 Å². The highest BCUT2D eigenvalue weighted by molar-refractivity contribution is 5.81. The van der Waals surface area contributed by atoms with Gasteiger partial charge < -0.3 is 5.32 Å². The molecule has 1 N–H and O–H groups in total. The third kappa shape index (κ3) is 3.27. The Morgan fingerprint density at radius 2 is 1.79 bits per heavy atom. The molecule has 2 aromatic heterocycles. The molecule has 2 heterocycles. The van der Waals surface area contributed by atoms with Gasteiger partial charge in [0.1, 0.15) is 0 Å². The zero-order valence-electron chi connectivity index (χ0n) is 18.3. The molecule has 5 nitrogen and oxygen atoms in total. The second-order valence-electron chi connectivity index (χ2n) is 10.5. The third-order valence-corrected chi connectivity index (χ3v) is 7.87. The van der Waals surface area contributed by atoms with Crippen molar-refractivity contribution >= 4 is 16.9 Å². The van der Waals surface area contributed by atoms with Crippen molar-refractivity contribution in [3.05, 3.63) is 23.0 Å². The molecule has 0 radical (unpaired) electrons. The summed E-state index contributed by atoms with van der Waals surface area (Å²) in [6.45, 7) is 8.47. The van der Waals surface area contributed by atoms with Crippen LogP contribution in [0, 0.1) is 31.6 Å². The topological polar surface area (TPSA) is 59.8 Å². The van der Waals surface area contributed by atoms with Gasteiger partial charge in [-0.25, -0.2) is 9.67 Å². The number of hydrogen-bond acceptors (Lipinski definition) is 3. The lowest BCUT2D eigenvalue weighted by molar-refractivity contribution is -0.126. The fourth-order valence-electron chi connectivity index (χ4n) is 7.00. The van der Waals surface area contributed by atoms with Crippen molar-refractivity contribution in [2.45, 2.75) is 90.6 Å². The maximum Gasteiger partial charge on any atom is 0.220 e. The van der Waals surface area contributed by atoms with E-state index in [9.17, 15) is 4.79 Å². The minimum atomic E-state index is 0.108. The molecule has 4 saturated carbocycles. The highest BCUT2D eigenvalue weighted by Crippen LogP contribution is 2.55. The molecular formula is C24H34N4O. The van der Waals surface area contributed by atoms with Gasteiger partial charge in [0.15, 0.2) is 5.65 Å². The van der Waals surface area contributed by atoms with Crippen LogP contribution in [0.5, 0.6) is 0 Å². The number of nitrogens with one attached hydrogen (secondary N) is 1. The molecule has 1 amide bonds. The molecule has 0 atom stereocenters. The smallest absolute Gasteiger partial charge is 0.220 e. The van der Waals surface area contributed by atoms with Gasteiger partial charge in [0.2, 0.25) is 5.91 Å². The van der Waals surface area contributed by atoms with Crippen molar-refractivity contribution in [2.75, 3.05) is 0 Å². The quantitative estimate of drug-likeness (QED) is 0.803. The molecule has 0 unspecified atom stereocenters. The highest BCUT2D eigenvalue weighted by Gasteiger charge is 2.51. The summed E-state index contributed by atoms with van der Waals surface area (Å²) in [4.78, 5) is 17.8. The van der Waals surface area contributed by atoms with Crippen LogP contribution in [0.2, 0.25) is 0 Å². The van der Waals surface area contributed by atoms with E-state index in [1.54, 1.807) is 0 Å². The van der Waals surface area contributed by atoms with Crippen LogP contribution in [-0.4, -0.2) is 26.2 Å². The van der Waals surface area contributed by atoms with Gasteiger partial charge in [0.05, 0.1) is 6.20 Å². The lowest BCUT2D eigenvalue weighted by Gasteiger charge is -2.56. The number of carbonyl (C=O) groups is 1. The summed E-state index contributed by atoms with van der Waals surface area (Å²) in [6.07, 6.45) is 11.1. The molecule has 4 aliphatic rings. The van der Waals surface area contributed by atoms with Crippen LogP contribution in [0.3, 0.4) is 0 Å². The first-order chi connectivity index (χ1) is 13.8. The number of rotatable bonds is 5. The summed E-state index contributed by atoms with van der Waals surface area (Å²) in [5.74, 6) is 2.80. The van der Waals surface area contributed by atoms with Crippen molar-refractivity contribution < 1.29 is 4.79 Å². The van der Waals surface area contributed by atoms with Crippen molar-refractivity contribution in [2.24, 2.45) is 17.8 Å². The van der Waals surface area contributed by atoms with E-state index in [0.717, 1.165) is 40.9 Å². The summed E-state index contributed by atoms with van der Waals surface area (Å²) < 4.78 is 1.98. The van der Waals surface area contributed by atoms with Gasteiger partial charge in [0.25, 0.3) is 0 Å². The van der Waals surface area contributed by atoms with E-state index in [4.69, 9.17) is 4.98 Å². The predicted molar refractivity (Wildman–Crippen MR) is 115 cm³/mol. The highest BCUT2D eigenvalue weighted by atomic mass is 16.1. The maximum atomic E-state index is 12.9. The predicted octanol–water partition coefficient (Wildman–Crippen LogP) is 4.65. The standard InChI is InChI=1S/C24H34N4O/c1-14(2)28-23-21(13-25-28)15(3)20(16(4)26-23)5-6-22(29)27-24-10-17-7-18(11-24)9-19(8-17)12-24/h13-14,17-19H,5-12H2,1-4H3,(H,27,29). The van der Waals surface area contributed by atoms with Crippen LogP contribution >= 0.6 is 0 Å². The molecule has 4 fully saturated rings. The summed E-state index contributed by atoms with van der Waals surface area (Å²) in [5.41, 5.74) is 4.52. The fourth-order valence-corrected chi connectivity index (χ4v) is 7.00. The number of aromatic nitrogens is 3. The van der Waals surface area contributed by atoms with Crippen molar-refractivity contribution in [3.8, 4) is 0 Å². The number of carbonyl (C=O) groups excluding carboxylic acids is 1. The molecule has 0 spiro atoms. The Labute approximate surface area is 173 Å². The molecule has 4 aliphatic carbocycles. The zero-order chi connectivity index (χ0) is 20.3. The number of pyridine rings is 1. The van der Waals surface area contributed by atoms with Gasteiger partial charge in [-0.1, -0.05) is 0 Å². The summed E-state index contributed by atoms with van der Waals surface area (Å²) in [6, 6.07) is 0.288. The average Bonchev–Trinajstić information content (AvgIpc) is 3.04. The Bertz CT molecular complexity index is 922. The monoisotopic (exact) mass is 394 g/mol. The maximum absolute atomic E-state index is 12.9. The molecule has 0 aliphatic heterocycles. The summed E-state index contributed by atoms with van der Waals surface area (Å²) in [7, 11) is 0. The van der Waals surface area contributed by atoms with Gasteiger partial charge in [-0.15, -0.1) is 0 Å². The Kier molecular flexibility index (Phi) is 4.48. The first kappa shape index (κ1) is 19.1. The van der Waals surface area contributed by atoms with Crippen molar-refractivity contribution in [1.29, 1.82) is 0 Å². The largest absolute Gasteiger partial charge is 0.351 e. The molecule has 0 aromatic carbocycles. The number of fused-ring (bicyclic) bond motifs is 1. The molecule has 29 heavy (non-hydrogen) atoms. The first-order valence-corrected chi connectivity index (χ1v) is 11.5. The van der Waals surface area contributed by atoms with E-state index in [1.807, 2.05) is 10.9 Å². The number of amides is 1. The van der Waals surface area contributed by atoms with Crippen LogP contribution in [0.4, 0.5) is 0 Å². The van der Waals surface area contributed by atoms with Crippen LogP contribution in [-0.2, 0) is 11.2 Å². The van der Waals surface area contributed by atoms with Crippen molar-refractivity contribution in [1.82, 2.24) is 20.1 Å². The number of nitrogens with zero attached hydrogens (tertiary/aromatic N) is 3. The van der Waals surface area contributed by atoms with E-state index >= 15 is 0 Å².